The maximum Gasteiger partial charge on any atom is 0.255 e. The van der Waals surface area contributed by atoms with Gasteiger partial charge in [0.05, 0.1) is 11.2 Å². The highest BCUT2D eigenvalue weighted by molar-refractivity contribution is 9.10. The molecule has 0 radical (unpaired) electrons. The van der Waals surface area contributed by atoms with Crippen molar-refractivity contribution in [2.24, 2.45) is 0 Å². The first-order valence-electron chi connectivity index (χ1n) is 5.86. The van der Waals surface area contributed by atoms with Crippen LogP contribution in [0.3, 0.4) is 0 Å². The van der Waals surface area contributed by atoms with Gasteiger partial charge in [-0.2, -0.15) is 0 Å². The maximum atomic E-state index is 13.2. The first kappa shape index (κ1) is 13.5. The lowest BCUT2D eigenvalue weighted by atomic mass is 9.93. The number of halogens is 2. The number of nitrogens with zero attached hydrogens (tertiary/aromatic N) is 1. The Morgan fingerprint density at radius 2 is 2.06 bits per heavy atom. The summed E-state index contributed by atoms with van der Waals surface area (Å²) in [5.41, 5.74) is -0.368. The molecule has 1 amide bonds. The Morgan fingerprint density at radius 3 is 2.67 bits per heavy atom. The Hall–Kier alpha value is -0.940. The van der Waals surface area contributed by atoms with Crippen molar-refractivity contribution in [2.75, 3.05) is 13.1 Å². The van der Waals surface area contributed by atoms with E-state index in [0.29, 0.717) is 36.0 Å². The molecule has 1 aromatic rings. The second-order valence-corrected chi connectivity index (χ2v) is 5.77. The van der Waals surface area contributed by atoms with Crippen LogP contribution in [0.1, 0.15) is 30.1 Å². The molecule has 0 aromatic heterocycles. The molecular weight excluding hydrogens is 301 g/mol. The highest BCUT2D eigenvalue weighted by Gasteiger charge is 2.30. The normalized spacial score (nSPS) is 18.8. The molecule has 0 bridgehead atoms. The molecule has 0 atom stereocenters. The fourth-order valence-corrected chi connectivity index (χ4v) is 2.44. The molecule has 1 N–H and O–H groups in total. The number of amides is 1. The van der Waals surface area contributed by atoms with Crippen molar-refractivity contribution in [3.63, 3.8) is 0 Å². The van der Waals surface area contributed by atoms with Crippen molar-refractivity contribution < 1.29 is 14.3 Å². The van der Waals surface area contributed by atoms with Gasteiger partial charge in [-0.15, -0.1) is 0 Å². The zero-order valence-corrected chi connectivity index (χ0v) is 11.7. The standard InChI is InChI=1S/C13H15BrFNO2/c1-13(18)4-6-16(7-5-13)12(17)10-8-9(15)2-3-11(10)14/h2-3,8,18H,4-7H2,1H3. The molecule has 5 heteroatoms. The van der Waals surface area contributed by atoms with Crippen LogP contribution < -0.4 is 0 Å². The van der Waals surface area contributed by atoms with Crippen molar-refractivity contribution >= 4 is 21.8 Å². The maximum absolute atomic E-state index is 13.2. The summed E-state index contributed by atoms with van der Waals surface area (Å²) in [5, 5.41) is 9.84. The third kappa shape index (κ3) is 2.90. The zero-order chi connectivity index (χ0) is 13.3. The van der Waals surface area contributed by atoms with Gasteiger partial charge in [0.2, 0.25) is 0 Å². The van der Waals surface area contributed by atoms with Crippen LogP contribution in [-0.4, -0.2) is 34.6 Å². The summed E-state index contributed by atoms with van der Waals surface area (Å²) in [6.07, 6.45) is 1.09. The van der Waals surface area contributed by atoms with Crippen molar-refractivity contribution in [3.8, 4) is 0 Å². The van der Waals surface area contributed by atoms with Crippen molar-refractivity contribution in [1.29, 1.82) is 0 Å². The van der Waals surface area contributed by atoms with E-state index in [9.17, 15) is 14.3 Å². The average Bonchev–Trinajstić information content (AvgIpc) is 2.31. The number of hydrogen-bond donors (Lipinski definition) is 1. The highest BCUT2D eigenvalue weighted by atomic mass is 79.9. The Balaban J connectivity index is 2.15. The van der Waals surface area contributed by atoms with Gasteiger partial charge in [-0.25, -0.2) is 4.39 Å². The number of aliphatic hydroxyl groups is 1. The van der Waals surface area contributed by atoms with Crippen molar-refractivity contribution in [1.82, 2.24) is 4.90 Å². The second kappa shape index (κ2) is 4.97. The minimum absolute atomic E-state index is 0.197. The van der Waals surface area contributed by atoms with Gasteiger partial charge in [-0.3, -0.25) is 4.79 Å². The molecule has 1 heterocycles. The smallest absolute Gasteiger partial charge is 0.255 e. The lowest BCUT2D eigenvalue weighted by Crippen LogP contribution is -2.45. The van der Waals surface area contributed by atoms with Crippen LogP contribution in [0.15, 0.2) is 22.7 Å². The second-order valence-electron chi connectivity index (χ2n) is 4.91. The minimum Gasteiger partial charge on any atom is -0.390 e. The van der Waals surface area contributed by atoms with Crippen LogP contribution in [-0.2, 0) is 0 Å². The number of piperidine rings is 1. The Kier molecular flexibility index (Phi) is 3.73. The van der Waals surface area contributed by atoms with Gasteiger partial charge in [-0.05, 0) is 53.9 Å². The molecule has 98 valence electrons. The van der Waals surface area contributed by atoms with Gasteiger partial charge in [0.1, 0.15) is 5.82 Å². The summed E-state index contributed by atoms with van der Waals surface area (Å²) < 4.78 is 13.8. The van der Waals surface area contributed by atoms with E-state index in [2.05, 4.69) is 15.9 Å². The van der Waals surface area contributed by atoms with Crippen LogP contribution >= 0.6 is 15.9 Å². The minimum atomic E-state index is -0.698. The fraction of sp³-hybridized carbons (Fsp3) is 0.462. The van der Waals surface area contributed by atoms with E-state index in [1.165, 1.54) is 18.2 Å². The molecule has 18 heavy (non-hydrogen) atoms. The molecule has 3 nitrogen and oxygen atoms in total. The summed E-state index contributed by atoms with van der Waals surface area (Å²) in [6.45, 7) is 2.76. The van der Waals surface area contributed by atoms with Gasteiger partial charge in [-0.1, -0.05) is 0 Å². The SMILES string of the molecule is CC1(O)CCN(C(=O)c2cc(F)ccc2Br)CC1. The predicted molar refractivity (Wildman–Crippen MR) is 69.9 cm³/mol. The third-order valence-electron chi connectivity index (χ3n) is 3.29. The fourth-order valence-electron chi connectivity index (χ4n) is 2.02. The summed E-state index contributed by atoms with van der Waals surface area (Å²) in [4.78, 5) is 13.9. The van der Waals surface area contributed by atoms with Crippen molar-refractivity contribution in [2.45, 2.75) is 25.4 Å². The number of carbonyl (C=O) groups excluding carboxylic acids is 1. The molecule has 1 saturated heterocycles. The molecule has 0 unspecified atom stereocenters. The summed E-state index contributed by atoms with van der Waals surface area (Å²) in [6, 6.07) is 4.07. The van der Waals surface area contributed by atoms with Gasteiger partial charge < -0.3 is 10.0 Å². The lowest BCUT2D eigenvalue weighted by Gasteiger charge is -2.35. The highest BCUT2D eigenvalue weighted by Crippen LogP contribution is 2.25. The molecule has 1 aliphatic rings. The molecule has 0 saturated carbocycles. The first-order valence-corrected chi connectivity index (χ1v) is 6.65. The third-order valence-corrected chi connectivity index (χ3v) is 3.98. The Morgan fingerprint density at radius 1 is 1.44 bits per heavy atom. The van der Waals surface area contributed by atoms with Crippen LogP contribution in [0.4, 0.5) is 4.39 Å². The number of carbonyl (C=O) groups is 1. The number of rotatable bonds is 1. The van der Waals surface area contributed by atoms with Gasteiger partial charge >= 0.3 is 0 Å². The van der Waals surface area contributed by atoms with Crippen LogP contribution in [0.5, 0.6) is 0 Å². The van der Waals surface area contributed by atoms with E-state index in [-0.39, 0.29) is 5.91 Å². The summed E-state index contributed by atoms with van der Waals surface area (Å²) >= 11 is 3.26. The van der Waals surface area contributed by atoms with E-state index in [0.717, 1.165) is 0 Å². The van der Waals surface area contributed by atoms with Gasteiger partial charge in [0.15, 0.2) is 0 Å². The van der Waals surface area contributed by atoms with Crippen LogP contribution in [0.2, 0.25) is 0 Å². The predicted octanol–water partition coefficient (Wildman–Crippen LogP) is 2.58. The summed E-state index contributed by atoms with van der Waals surface area (Å²) in [5.74, 6) is -0.623. The lowest BCUT2D eigenvalue weighted by molar-refractivity contribution is -0.00206. The first-order chi connectivity index (χ1) is 8.39. The van der Waals surface area contributed by atoms with Crippen LogP contribution in [0, 0.1) is 5.82 Å². The number of likely N-dealkylation sites (tertiary alicyclic amines) is 1. The Labute approximate surface area is 114 Å². The van der Waals surface area contributed by atoms with Crippen LogP contribution in [0.25, 0.3) is 0 Å². The van der Waals surface area contributed by atoms with E-state index in [1.807, 2.05) is 0 Å². The largest absolute Gasteiger partial charge is 0.390 e. The molecule has 2 rings (SSSR count). The monoisotopic (exact) mass is 315 g/mol. The van der Waals surface area contributed by atoms with E-state index in [1.54, 1.807) is 11.8 Å². The van der Waals surface area contributed by atoms with Gasteiger partial charge in [0, 0.05) is 17.6 Å². The van der Waals surface area contributed by atoms with Gasteiger partial charge in [0.25, 0.3) is 5.91 Å². The molecule has 1 aliphatic heterocycles. The quantitative estimate of drug-likeness (QED) is 0.865. The average molecular weight is 316 g/mol. The zero-order valence-electron chi connectivity index (χ0n) is 10.1. The number of benzene rings is 1. The van der Waals surface area contributed by atoms with E-state index in [4.69, 9.17) is 0 Å². The van der Waals surface area contributed by atoms with Crippen molar-refractivity contribution in [3.05, 3.63) is 34.1 Å². The number of hydrogen-bond acceptors (Lipinski definition) is 2. The molecule has 0 aliphatic carbocycles. The Bertz CT molecular complexity index is 466. The summed E-state index contributed by atoms with van der Waals surface area (Å²) in [7, 11) is 0. The molecule has 0 spiro atoms. The van der Waals surface area contributed by atoms with E-state index >= 15 is 0 Å². The molecule has 1 aromatic carbocycles. The molecular formula is C13H15BrFNO2. The molecule has 1 fully saturated rings. The van der Waals surface area contributed by atoms with E-state index < -0.39 is 11.4 Å². The topological polar surface area (TPSA) is 40.5 Å².